The van der Waals surface area contributed by atoms with Gasteiger partial charge >= 0.3 is 0 Å². The Morgan fingerprint density at radius 3 is 1.71 bits per heavy atom. The number of nitrogens with zero attached hydrogens (tertiary/aromatic N) is 1. The van der Waals surface area contributed by atoms with Gasteiger partial charge in [-0.15, -0.1) is 0 Å². The molecule has 0 heterocycles. The van der Waals surface area contributed by atoms with Crippen molar-refractivity contribution in [3.05, 3.63) is 109 Å². The van der Waals surface area contributed by atoms with E-state index in [0.717, 1.165) is 6.42 Å². The minimum atomic E-state index is 1.01. The van der Waals surface area contributed by atoms with Crippen LogP contribution in [0, 0.1) is 7.14 Å². The average molecular weight is 585 g/mol. The maximum absolute atomic E-state index is 2.36. The molecule has 0 spiro atoms. The van der Waals surface area contributed by atoms with Crippen LogP contribution in [0.4, 0.5) is 17.1 Å². The number of hydrogen-bond donors (Lipinski definition) is 0. The molecule has 136 valence electrons. The van der Waals surface area contributed by atoms with E-state index in [1.54, 1.807) is 0 Å². The lowest BCUT2D eigenvalue weighted by atomic mass is 10.0. The maximum Gasteiger partial charge on any atom is 0.0464 e. The van der Waals surface area contributed by atoms with Crippen LogP contribution in [0.25, 0.3) is 11.1 Å². The highest BCUT2D eigenvalue weighted by molar-refractivity contribution is 14.1. The zero-order valence-corrected chi connectivity index (χ0v) is 19.4. The van der Waals surface area contributed by atoms with Crippen LogP contribution in [0.1, 0.15) is 11.1 Å². The summed E-state index contributed by atoms with van der Waals surface area (Å²) in [7, 11) is 0. The second-order valence-electron chi connectivity index (χ2n) is 6.96. The summed E-state index contributed by atoms with van der Waals surface area (Å²) in [6, 6.07) is 33.1. The van der Waals surface area contributed by atoms with Crippen molar-refractivity contribution >= 4 is 62.2 Å². The van der Waals surface area contributed by atoms with Crippen molar-refractivity contribution in [3.63, 3.8) is 0 Å². The molecule has 1 nitrogen and oxygen atoms in total. The third-order valence-corrected chi connectivity index (χ3v) is 6.64. The van der Waals surface area contributed by atoms with E-state index in [9.17, 15) is 0 Å². The molecule has 0 bridgehead atoms. The second-order valence-corrected chi connectivity index (χ2v) is 9.45. The van der Waals surface area contributed by atoms with Gasteiger partial charge in [-0.1, -0.05) is 30.3 Å². The molecule has 0 N–H and O–H groups in total. The highest BCUT2D eigenvalue weighted by atomic mass is 127. The van der Waals surface area contributed by atoms with Crippen LogP contribution in [0.3, 0.4) is 0 Å². The SMILES string of the molecule is Ic1ccc(N(c2ccc(I)cc2)c2ccc3c(c2)Cc2ccccc2-3)cc1. The second kappa shape index (κ2) is 7.52. The molecule has 4 aromatic rings. The minimum absolute atomic E-state index is 1.01. The van der Waals surface area contributed by atoms with Gasteiger partial charge in [0.15, 0.2) is 0 Å². The molecule has 0 saturated carbocycles. The van der Waals surface area contributed by atoms with Gasteiger partial charge in [0.1, 0.15) is 0 Å². The number of anilines is 3. The molecule has 1 aliphatic carbocycles. The van der Waals surface area contributed by atoms with Crippen molar-refractivity contribution in [2.75, 3.05) is 4.90 Å². The fourth-order valence-electron chi connectivity index (χ4n) is 3.90. The Bertz CT molecular complexity index is 1100. The summed E-state index contributed by atoms with van der Waals surface area (Å²) >= 11 is 4.72. The molecule has 0 unspecified atom stereocenters. The lowest BCUT2D eigenvalue weighted by Crippen LogP contribution is -2.10. The van der Waals surface area contributed by atoms with Gasteiger partial charge in [-0.2, -0.15) is 0 Å². The predicted molar refractivity (Wildman–Crippen MR) is 135 cm³/mol. The molecule has 0 radical (unpaired) electrons. The first-order valence-electron chi connectivity index (χ1n) is 9.21. The summed E-state index contributed by atoms with van der Waals surface area (Å²) in [5, 5.41) is 0. The first-order valence-corrected chi connectivity index (χ1v) is 11.4. The maximum atomic E-state index is 2.36. The number of fused-ring (bicyclic) bond motifs is 3. The summed E-state index contributed by atoms with van der Waals surface area (Å²) in [6.07, 6.45) is 1.01. The number of halogens is 2. The number of benzene rings is 4. The van der Waals surface area contributed by atoms with E-state index in [1.165, 1.54) is 46.5 Å². The molecule has 4 aromatic carbocycles. The average Bonchev–Trinajstić information content (AvgIpc) is 3.09. The topological polar surface area (TPSA) is 3.24 Å². The zero-order valence-electron chi connectivity index (χ0n) is 15.1. The monoisotopic (exact) mass is 585 g/mol. The summed E-state index contributed by atoms with van der Waals surface area (Å²) < 4.78 is 2.49. The third kappa shape index (κ3) is 3.35. The van der Waals surface area contributed by atoms with E-state index < -0.39 is 0 Å². The van der Waals surface area contributed by atoms with E-state index in [-0.39, 0.29) is 0 Å². The molecule has 0 saturated heterocycles. The fraction of sp³-hybridized carbons (Fsp3) is 0.0400. The Labute approximate surface area is 192 Å². The standard InChI is InChI=1S/C25H17I2N/c26-19-5-9-21(10-6-19)28(22-11-7-20(27)8-12-22)23-13-14-25-18(16-23)15-17-3-1-2-4-24(17)25/h1-14,16H,15H2. The lowest BCUT2D eigenvalue weighted by molar-refractivity contribution is 1.23. The molecule has 0 atom stereocenters. The van der Waals surface area contributed by atoms with Crippen LogP contribution >= 0.6 is 45.2 Å². The Kier molecular flexibility index (Phi) is 4.88. The largest absolute Gasteiger partial charge is 0.310 e. The predicted octanol–water partition coefficient (Wildman–Crippen LogP) is 7.94. The summed E-state index contributed by atoms with van der Waals surface area (Å²) in [6.45, 7) is 0. The van der Waals surface area contributed by atoms with Crippen molar-refractivity contribution < 1.29 is 0 Å². The van der Waals surface area contributed by atoms with E-state index in [1.807, 2.05) is 0 Å². The van der Waals surface area contributed by atoms with Gasteiger partial charge in [-0.25, -0.2) is 0 Å². The summed E-state index contributed by atoms with van der Waals surface area (Å²) in [5.74, 6) is 0. The highest BCUT2D eigenvalue weighted by Gasteiger charge is 2.20. The first kappa shape index (κ1) is 18.2. The van der Waals surface area contributed by atoms with Gasteiger partial charge in [-0.05, 0) is 135 Å². The van der Waals surface area contributed by atoms with Crippen LogP contribution in [0.15, 0.2) is 91.0 Å². The highest BCUT2D eigenvalue weighted by Crippen LogP contribution is 2.41. The van der Waals surface area contributed by atoms with Crippen molar-refractivity contribution in [3.8, 4) is 11.1 Å². The molecule has 0 fully saturated rings. The van der Waals surface area contributed by atoms with E-state index in [2.05, 4.69) is 141 Å². The quantitative estimate of drug-likeness (QED) is 0.195. The van der Waals surface area contributed by atoms with Crippen molar-refractivity contribution in [1.82, 2.24) is 0 Å². The Morgan fingerprint density at radius 2 is 1.07 bits per heavy atom. The van der Waals surface area contributed by atoms with Gasteiger partial charge in [0.2, 0.25) is 0 Å². The summed E-state index contributed by atoms with van der Waals surface area (Å²) in [4.78, 5) is 2.34. The molecule has 3 heteroatoms. The molecule has 5 rings (SSSR count). The minimum Gasteiger partial charge on any atom is -0.310 e. The number of hydrogen-bond acceptors (Lipinski definition) is 1. The van der Waals surface area contributed by atoms with Gasteiger partial charge in [-0.3, -0.25) is 0 Å². The van der Waals surface area contributed by atoms with Gasteiger partial charge in [0.05, 0.1) is 0 Å². The Hall–Kier alpha value is -1.86. The molecular formula is C25H17I2N. The van der Waals surface area contributed by atoms with Gasteiger partial charge in [0.25, 0.3) is 0 Å². The van der Waals surface area contributed by atoms with Crippen molar-refractivity contribution in [2.45, 2.75) is 6.42 Å². The van der Waals surface area contributed by atoms with Crippen LogP contribution in [-0.4, -0.2) is 0 Å². The van der Waals surface area contributed by atoms with Gasteiger partial charge in [0, 0.05) is 24.2 Å². The zero-order chi connectivity index (χ0) is 19.1. The lowest BCUT2D eigenvalue weighted by Gasteiger charge is -2.26. The smallest absolute Gasteiger partial charge is 0.0464 e. The summed E-state index contributed by atoms with van der Waals surface area (Å²) in [5.41, 5.74) is 9.12. The van der Waals surface area contributed by atoms with Crippen molar-refractivity contribution in [2.24, 2.45) is 0 Å². The van der Waals surface area contributed by atoms with E-state index >= 15 is 0 Å². The van der Waals surface area contributed by atoms with E-state index in [0.29, 0.717) is 0 Å². The fourth-order valence-corrected chi connectivity index (χ4v) is 4.62. The van der Waals surface area contributed by atoms with Crippen LogP contribution in [-0.2, 0) is 6.42 Å². The molecule has 0 amide bonds. The Morgan fingerprint density at radius 1 is 0.536 bits per heavy atom. The van der Waals surface area contributed by atoms with Crippen LogP contribution < -0.4 is 4.90 Å². The van der Waals surface area contributed by atoms with E-state index in [4.69, 9.17) is 0 Å². The van der Waals surface area contributed by atoms with Crippen LogP contribution in [0.5, 0.6) is 0 Å². The number of rotatable bonds is 3. The molecular weight excluding hydrogens is 568 g/mol. The van der Waals surface area contributed by atoms with Crippen LogP contribution in [0.2, 0.25) is 0 Å². The molecule has 1 aliphatic rings. The third-order valence-electron chi connectivity index (χ3n) is 5.21. The first-order chi connectivity index (χ1) is 13.7. The molecule has 0 aromatic heterocycles. The Balaban J connectivity index is 1.63. The van der Waals surface area contributed by atoms with Crippen molar-refractivity contribution in [1.29, 1.82) is 0 Å². The molecule has 0 aliphatic heterocycles. The van der Waals surface area contributed by atoms with Gasteiger partial charge < -0.3 is 4.90 Å². The molecule has 28 heavy (non-hydrogen) atoms. The normalized spacial score (nSPS) is 11.8.